The van der Waals surface area contributed by atoms with Gasteiger partial charge in [0.15, 0.2) is 0 Å². The minimum Gasteiger partial charge on any atom is -0.507 e. The van der Waals surface area contributed by atoms with E-state index in [1.165, 1.54) is 11.3 Å². The molecule has 2 aromatic rings. The highest BCUT2D eigenvalue weighted by atomic mass is 32.1. The topological polar surface area (TPSA) is 52.6 Å². The molecule has 134 valence electrons. The number of aromatic hydroxyl groups is 1. The average Bonchev–Trinajstić information content (AvgIpc) is 3.06. The number of likely N-dealkylation sites (tertiary alicyclic amines) is 1. The zero-order valence-corrected chi connectivity index (χ0v) is 15.4. The third-order valence-corrected chi connectivity index (χ3v) is 6.75. The molecule has 1 aromatic carbocycles. The number of phenols is 1. The van der Waals surface area contributed by atoms with Crippen LogP contribution in [0.25, 0.3) is 10.1 Å². The van der Waals surface area contributed by atoms with Crippen LogP contribution in [-0.2, 0) is 11.3 Å². The van der Waals surface area contributed by atoms with Crippen molar-refractivity contribution in [2.45, 2.75) is 63.6 Å². The highest BCUT2D eigenvalue weighted by molar-refractivity contribution is 7.19. The zero-order valence-electron chi connectivity index (χ0n) is 14.5. The molecule has 5 heteroatoms. The number of benzene rings is 1. The smallest absolute Gasteiger partial charge is 0.222 e. The Morgan fingerprint density at radius 1 is 1.20 bits per heavy atom. The normalized spacial score (nSPS) is 24.8. The molecule has 0 spiro atoms. The number of piperidine rings is 1. The fourth-order valence-corrected chi connectivity index (χ4v) is 5.27. The van der Waals surface area contributed by atoms with E-state index in [4.69, 9.17) is 0 Å². The highest BCUT2D eigenvalue weighted by Gasteiger charge is 2.29. The van der Waals surface area contributed by atoms with Gasteiger partial charge in [0, 0.05) is 46.6 Å². The van der Waals surface area contributed by atoms with Gasteiger partial charge in [-0.05, 0) is 56.7 Å². The van der Waals surface area contributed by atoms with Crippen LogP contribution in [0.5, 0.6) is 5.75 Å². The Kier molecular flexibility index (Phi) is 4.95. The molecule has 2 aliphatic rings. The summed E-state index contributed by atoms with van der Waals surface area (Å²) in [5.74, 6) is 0.736. The number of nitrogens with zero attached hydrogens (tertiary/aromatic N) is 1. The number of amides is 1. The molecule has 0 unspecified atom stereocenters. The first-order valence-electron chi connectivity index (χ1n) is 9.44. The molecule has 1 saturated heterocycles. The van der Waals surface area contributed by atoms with Crippen LogP contribution in [0.15, 0.2) is 24.3 Å². The number of carbonyl (C=O) groups excluding carboxylic acids is 1. The van der Waals surface area contributed by atoms with E-state index >= 15 is 0 Å². The van der Waals surface area contributed by atoms with Gasteiger partial charge in [-0.25, -0.2) is 0 Å². The Morgan fingerprint density at radius 2 is 2.04 bits per heavy atom. The van der Waals surface area contributed by atoms with Crippen molar-refractivity contribution < 1.29 is 9.90 Å². The average molecular weight is 359 g/mol. The first-order chi connectivity index (χ1) is 12.2. The van der Waals surface area contributed by atoms with Gasteiger partial charge < -0.3 is 15.3 Å². The SMILES string of the molecule is O=C1CCCCN1C1CCC(NCc2cc3c(O)cccc3s2)CC1. The molecule has 2 fully saturated rings. The van der Waals surface area contributed by atoms with Gasteiger partial charge in [0.05, 0.1) is 0 Å². The number of hydrogen-bond acceptors (Lipinski definition) is 4. The summed E-state index contributed by atoms with van der Waals surface area (Å²) in [5.41, 5.74) is 0. The predicted molar refractivity (Wildman–Crippen MR) is 102 cm³/mol. The number of thiophene rings is 1. The molecule has 0 atom stereocenters. The molecule has 0 radical (unpaired) electrons. The maximum Gasteiger partial charge on any atom is 0.222 e. The van der Waals surface area contributed by atoms with Crippen LogP contribution < -0.4 is 5.32 Å². The van der Waals surface area contributed by atoms with Gasteiger partial charge in [-0.15, -0.1) is 11.3 Å². The molecular formula is C20H26N2O2S. The minimum absolute atomic E-state index is 0.367. The van der Waals surface area contributed by atoms with Crippen LogP contribution in [0.4, 0.5) is 0 Å². The van der Waals surface area contributed by atoms with Crippen LogP contribution in [0, 0.1) is 0 Å². The summed E-state index contributed by atoms with van der Waals surface area (Å²) in [6, 6.07) is 8.80. The summed E-state index contributed by atoms with van der Waals surface area (Å²) in [6.45, 7) is 1.82. The van der Waals surface area contributed by atoms with Crippen molar-refractivity contribution in [3.8, 4) is 5.75 Å². The third-order valence-electron chi connectivity index (χ3n) is 5.65. The number of nitrogens with one attached hydrogen (secondary N) is 1. The molecule has 1 amide bonds. The van der Waals surface area contributed by atoms with E-state index in [1.807, 2.05) is 6.07 Å². The van der Waals surface area contributed by atoms with E-state index in [0.29, 0.717) is 23.7 Å². The largest absolute Gasteiger partial charge is 0.507 e. The lowest BCUT2D eigenvalue weighted by Gasteiger charge is -2.39. The van der Waals surface area contributed by atoms with Crippen molar-refractivity contribution >= 4 is 27.3 Å². The molecule has 25 heavy (non-hydrogen) atoms. The van der Waals surface area contributed by atoms with Crippen molar-refractivity contribution in [3.63, 3.8) is 0 Å². The van der Waals surface area contributed by atoms with Crippen molar-refractivity contribution in [3.05, 3.63) is 29.1 Å². The molecular weight excluding hydrogens is 332 g/mol. The number of phenolic OH excluding ortho intramolecular Hbond substituents is 1. The quantitative estimate of drug-likeness (QED) is 0.868. The molecule has 2 N–H and O–H groups in total. The Balaban J connectivity index is 1.29. The molecule has 4 rings (SSSR count). The number of hydrogen-bond donors (Lipinski definition) is 2. The molecule has 2 heterocycles. The number of fused-ring (bicyclic) bond motifs is 1. The minimum atomic E-state index is 0.367. The monoisotopic (exact) mass is 358 g/mol. The van der Waals surface area contributed by atoms with Gasteiger partial charge in [0.2, 0.25) is 5.91 Å². The Bertz CT molecular complexity index is 749. The van der Waals surface area contributed by atoms with E-state index in [-0.39, 0.29) is 0 Å². The summed E-state index contributed by atoms with van der Waals surface area (Å²) in [4.78, 5) is 15.5. The van der Waals surface area contributed by atoms with E-state index in [1.54, 1.807) is 17.4 Å². The number of rotatable bonds is 4. The molecule has 1 saturated carbocycles. The Hall–Kier alpha value is -1.59. The lowest BCUT2D eigenvalue weighted by molar-refractivity contribution is -0.136. The van der Waals surface area contributed by atoms with Crippen molar-refractivity contribution in [1.29, 1.82) is 0 Å². The fraction of sp³-hybridized carbons (Fsp3) is 0.550. The van der Waals surface area contributed by atoms with E-state index in [2.05, 4.69) is 22.3 Å². The molecule has 1 aromatic heterocycles. The van der Waals surface area contributed by atoms with E-state index in [0.717, 1.165) is 61.7 Å². The van der Waals surface area contributed by atoms with Crippen LogP contribution in [0.3, 0.4) is 0 Å². The summed E-state index contributed by atoms with van der Waals surface area (Å²) >= 11 is 1.75. The lowest BCUT2D eigenvalue weighted by Crippen LogP contribution is -2.47. The van der Waals surface area contributed by atoms with E-state index < -0.39 is 0 Å². The van der Waals surface area contributed by atoms with Gasteiger partial charge >= 0.3 is 0 Å². The molecule has 1 aliphatic heterocycles. The van der Waals surface area contributed by atoms with E-state index in [9.17, 15) is 9.90 Å². The van der Waals surface area contributed by atoms with Gasteiger partial charge in [-0.1, -0.05) is 6.07 Å². The summed E-state index contributed by atoms with van der Waals surface area (Å²) in [5, 5.41) is 14.6. The summed E-state index contributed by atoms with van der Waals surface area (Å²) in [6.07, 6.45) is 7.51. The first-order valence-corrected chi connectivity index (χ1v) is 10.3. The van der Waals surface area contributed by atoms with Gasteiger partial charge in [-0.2, -0.15) is 0 Å². The predicted octanol–water partition coefficient (Wildman–Crippen LogP) is 4.02. The summed E-state index contributed by atoms with van der Waals surface area (Å²) < 4.78 is 1.14. The van der Waals surface area contributed by atoms with Crippen LogP contribution in [-0.4, -0.2) is 34.5 Å². The van der Waals surface area contributed by atoms with Crippen molar-refractivity contribution in [2.75, 3.05) is 6.54 Å². The Morgan fingerprint density at radius 3 is 2.80 bits per heavy atom. The van der Waals surface area contributed by atoms with Crippen LogP contribution in [0.1, 0.15) is 49.8 Å². The third kappa shape index (κ3) is 3.67. The highest BCUT2D eigenvalue weighted by Crippen LogP contribution is 2.32. The molecule has 0 bridgehead atoms. The molecule has 4 nitrogen and oxygen atoms in total. The summed E-state index contributed by atoms with van der Waals surface area (Å²) in [7, 11) is 0. The fourth-order valence-electron chi connectivity index (χ4n) is 4.23. The molecule has 1 aliphatic carbocycles. The zero-order chi connectivity index (χ0) is 17.2. The van der Waals surface area contributed by atoms with Crippen molar-refractivity contribution in [1.82, 2.24) is 10.2 Å². The van der Waals surface area contributed by atoms with Gasteiger partial charge in [-0.3, -0.25) is 4.79 Å². The second-order valence-corrected chi connectivity index (χ2v) is 8.50. The standard InChI is InChI=1S/C20H26N2O2S/c23-18-4-3-5-19-17(18)12-16(25-19)13-21-14-7-9-15(10-8-14)22-11-2-1-6-20(22)24/h3-5,12,14-15,21,23H,1-2,6-11,13H2. The van der Waals surface area contributed by atoms with Crippen molar-refractivity contribution in [2.24, 2.45) is 0 Å². The van der Waals surface area contributed by atoms with Crippen LogP contribution in [0.2, 0.25) is 0 Å². The second kappa shape index (κ2) is 7.34. The van der Waals surface area contributed by atoms with Crippen LogP contribution >= 0.6 is 11.3 Å². The lowest BCUT2D eigenvalue weighted by atomic mass is 9.89. The van der Waals surface area contributed by atoms with Gasteiger partial charge in [0.25, 0.3) is 0 Å². The first kappa shape index (κ1) is 16.9. The Labute approximate surface area is 152 Å². The number of carbonyl (C=O) groups is 1. The maximum absolute atomic E-state index is 12.1. The van der Waals surface area contributed by atoms with Gasteiger partial charge in [0.1, 0.15) is 5.75 Å². The maximum atomic E-state index is 12.1. The second-order valence-electron chi connectivity index (χ2n) is 7.33.